The molecule has 0 aromatic carbocycles. The van der Waals surface area contributed by atoms with Gasteiger partial charge in [-0.05, 0) is 25.7 Å². The molecule has 1 aliphatic rings. The Kier molecular flexibility index (Phi) is 5.00. The molecular formula is C13H22O3. The molecule has 92 valence electrons. The van der Waals surface area contributed by atoms with Crippen molar-refractivity contribution in [1.82, 2.24) is 0 Å². The average Bonchev–Trinajstić information content (AvgIpc) is 2.30. The van der Waals surface area contributed by atoms with Gasteiger partial charge < -0.3 is 9.47 Å². The molecule has 1 aliphatic carbocycles. The number of hydrogen-bond donors (Lipinski definition) is 0. The molecule has 3 heteroatoms. The molecule has 0 bridgehead atoms. The number of ether oxygens (including phenoxy) is 2. The first-order valence-electron chi connectivity index (χ1n) is 6.06. The van der Waals surface area contributed by atoms with Gasteiger partial charge in [0, 0.05) is 13.2 Å². The van der Waals surface area contributed by atoms with Gasteiger partial charge in [-0.15, -0.1) is 0 Å². The van der Waals surface area contributed by atoms with E-state index in [9.17, 15) is 4.79 Å². The van der Waals surface area contributed by atoms with Crippen molar-refractivity contribution >= 4 is 5.97 Å². The van der Waals surface area contributed by atoms with Gasteiger partial charge >= 0.3 is 5.97 Å². The van der Waals surface area contributed by atoms with E-state index in [-0.39, 0.29) is 12.1 Å². The number of methoxy groups -OCH3 is 1. The molecular weight excluding hydrogens is 204 g/mol. The van der Waals surface area contributed by atoms with Gasteiger partial charge in [-0.2, -0.15) is 0 Å². The monoisotopic (exact) mass is 226 g/mol. The Morgan fingerprint density at radius 2 is 2.31 bits per heavy atom. The van der Waals surface area contributed by atoms with Crippen molar-refractivity contribution in [3.8, 4) is 0 Å². The van der Waals surface area contributed by atoms with E-state index in [0.29, 0.717) is 0 Å². The molecule has 0 spiro atoms. The summed E-state index contributed by atoms with van der Waals surface area (Å²) in [7, 11) is 1.70. The Balaban J connectivity index is 2.81. The van der Waals surface area contributed by atoms with Crippen LogP contribution in [0.4, 0.5) is 0 Å². The predicted molar refractivity (Wildman–Crippen MR) is 63.2 cm³/mol. The van der Waals surface area contributed by atoms with Crippen molar-refractivity contribution in [2.75, 3.05) is 7.11 Å². The van der Waals surface area contributed by atoms with Crippen molar-refractivity contribution in [3.05, 3.63) is 12.7 Å². The molecule has 0 heterocycles. The summed E-state index contributed by atoms with van der Waals surface area (Å²) in [5.74, 6) is -0.336. The van der Waals surface area contributed by atoms with Crippen LogP contribution in [-0.2, 0) is 14.3 Å². The summed E-state index contributed by atoms with van der Waals surface area (Å²) in [6.07, 6.45) is 7.25. The first-order valence-corrected chi connectivity index (χ1v) is 6.06. The van der Waals surface area contributed by atoms with Gasteiger partial charge in [0.2, 0.25) is 0 Å². The van der Waals surface area contributed by atoms with E-state index in [4.69, 9.17) is 9.47 Å². The fraction of sp³-hybridized carbons (Fsp3) is 0.769. The van der Waals surface area contributed by atoms with Gasteiger partial charge in [0.15, 0.2) is 0 Å². The van der Waals surface area contributed by atoms with Crippen LogP contribution in [0.15, 0.2) is 12.7 Å². The summed E-state index contributed by atoms with van der Waals surface area (Å²) in [4.78, 5) is 11.4. The number of hydrogen-bond acceptors (Lipinski definition) is 3. The third kappa shape index (κ3) is 2.85. The van der Waals surface area contributed by atoms with E-state index in [2.05, 4.69) is 13.5 Å². The topological polar surface area (TPSA) is 35.5 Å². The highest BCUT2D eigenvalue weighted by molar-refractivity contribution is 5.81. The Morgan fingerprint density at radius 3 is 2.88 bits per heavy atom. The maximum Gasteiger partial charge on any atom is 0.330 e. The first-order chi connectivity index (χ1) is 7.68. The second-order valence-corrected chi connectivity index (χ2v) is 4.41. The number of carbonyl (C=O) groups excluding carboxylic acids is 1. The molecule has 0 aromatic rings. The number of esters is 1. The molecule has 0 radical (unpaired) electrons. The smallest absolute Gasteiger partial charge is 0.330 e. The summed E-state index contributed by atoms with van der Waals surface area (Å²) >= 11 is 0. The van der Waals surface area contributed by atoms with Gasteiger partial charge in [0.1, 0.15) is 5.60 Å². The quantitative estimate of drug-likeness (QED) is 0.534. The second kappa shape index (κ2) is 6.04. The van der Waals surface area contributed by atoms with E-state index in [0.717, 1.165) is 38.5 Å². The van der Waals surface area contributed by atoms with E-state index in [1.165, 1.54) is 6.08 Å². The van der Waals surface area contributed by atoms with Gasteiger partial charge in [0.25, 0.3) is 0 Å². The molecule has 1 fully saturated rings. The van der Waals surface area contributed by atoms with Gasteiger partial charge in [-0.3, -0.25) is 0 Å². The normalized spacial score (nSPS) is 29.8. The Bertz CT molecular complexity index is 246. The number of carbonyl (C=O) groups is 1. The highest BCUT2D eigenvalue weighted by atomic mass is 16.6. The molecule has 3 nitrogen and oxygen atoms in total. The molecule has 0 amide bonds. The summed E-state index contributed by atoms with van der Waals surface area (Å²) in [6, 6.07) is 0. The zero-order chi connectivity index (χ0) is 12.0. The molecule has 0 N–H and O–H groups in total. The van der Waals surface area contributed by atoms with Crippen molar-refractivity contribution in [3.63, 3.8) is 0 Å². The van der Waals surface area contributed by atoms with Crippen LogP contribution in [-0.4, -0.2) is 24.8 Å². The highest BCUT2D eigenvalue weighted by Gasteiger charge is 2.43. The lowest BCUT2D eigenvalue weighted by Crippen LogP contribution is -2.49. The molecule has 0 saturated heterocycles. The van der Waals surface area contributed by atoms with Gasteiger partial charge in [-0.1, -0.05) is 26.3 Å². The molecule has 1 saturated carbocycles. The maximum atomic E-state index is 11.4. The Morgan fingerprint density at radius 1 is 1.56 bits per heavy atom. The van der Waals surface area contributed by atoms with Gasteiger partial charge in [-0.25, -0.2) is 4.79 Å². The van der Waals surface area contributed by atoms with Crippen LogP contribution in [0.2, 0.25) is 0 Å². The van der Waals surface area contributed by atoms with Crippen LogP contribution in [0, 0.1) is 0 Å². The molecule has 0 aliphatic heterocycles. The van der Waals surface area contributed by atoms with Crippen LogP contribution in [0.5, 0.6) is 0 Å². The van der Waals surface area contributed by atoms with Crippen LogP contribution in [0.3, 0.4) is 0 Å². The molecule has 16 heavy (non-hydrogen) atoms. The molecule has 0 aromatic heterocycles. The van der Waals surface area contributed by atoms with Crippen molar-refractivity contribution in [2.45, 2.75) is 57.2 Å². The minimum atomic E-state index is -0.424. The molecule has 2 unspecified atom stereocenters. The summed E-state index contributed by atoms with van der Waals surface area (Å²) in [6.45, 7) is 5.55. The Labute approximate surface area is 97.8 Å². The van der Waals surface area contributed by atoms with E-state index in [1.807, 2.05) is 0 Å². The zero-order valence-corrected chi connectivity index (χ0v) is 10.3. The Hall–Kier alpha value is -0.830. The van der Waals surface area contributed by atoms with Crippen LogP contribution >= 0.6 is 0 Å². The van der Waals surface area contributed by atoms with Crippen molar-refractivity contribution in [2.24, 2.45) is 0 Å². The van der Waals surface area contributed by atoms with Gasteiger partial charge in [0.05, 0.1) is 6.10 Å². The van der Waals surface area contributed by atoms with Crippen molar-refractivity contribution < 1.29 is 14.3 Å². The lowest BCUT2D eigenvalue weighted by Gasteiger charge is -2.42. The third-order valence-electron chi connectivity index (χ3n) is 3.33. The lowest BCUT2D eigenvalue weighted by molar-refractivity contribution is -0.180. The minimum Gasteiger partial charge on any atom is -0.453 e. The largest absolute Gasteiger partial charge is 0.453 e. The van der Waals surface area contributed by atoms with Crippen LogP contribution in [0.25, 0.3) is 0 Å². The molecule has 2 atom stereocenters. The van der Waals surface area contributed by atoms with Crippen molar-refractivity contribution in [1.29, 1.82) is 0 Å². The summed E-state index contributed by atoms with van der Waals surface area (Å²) in [5.41, 5.74) is -0.424. The summed E-state index contributed by atoms with van der Waals surface area (Å²) in [5, 5.41) is 0. The SMILES string of the molecule is C=CC(=O)OC1(CCC)CCCCC1OC. The van der Waals surface area contributed by atoms with E-state index < -0.39 is 5.60 Å². The van der Waals surface area contributed by atoms with Crippen LogP contribution in [0.1, 0.15) is 45.4 Å². The molecule has 1 rings (SSSR count). The minimum absolute atomic E-state index is 0.0325. The highest BCUT2D eigenvalue weighted by Crippen LogP contribution is 2.37. The predicted octanol–water partition coefficient (Wildman–Crippen LogP) is 2.84. The first kappa shape index (κ1) is 13.2. The third-order valence-corrected chi connectivity index (χ3v) is 3.33. The standard InChI is InChI=1S/C13H22O3/c1-4-9-13(16-12(14)5-2)10-7-6-8-11(13)15-3/h5,11H,2,4,6-10H2,1,3H3. The average molecular weight is 226 g/mol. The van der Waals surface area contributed by atoms with Crippen LogP contribution < -0.4 is 0 Å². The maximum absolute atomic E-state index is 11.4. The van der Waals surface area contributed by atoms with E-state index in [1.54, 1.807) is 7.11 Å². The lowest BCUT2D eigenvalue weighted by atomic mass is 9.79. The zero-order valence-electron chi connectivity index (χ0n) is 10.3. The summed E-state index contributed by atoms with van der Waals surface area (Å²) < 4.78 is 11.1. The number of rotatable bonds is 5. The van der Waals surface area contributed by atoms with E-state index >= 15 is 0 Å². The second-order valence-electron chi connectivity index (χ2n) is 4.41. The fourth-order valence-corrected chi connectivity index (χ4v) is 2.63. The fourth-order valence-electron chi connectivity index (χ4n) is 2.63.